The number of hydrogen-bond donors (Lipinski definition) is 0. The van der Waals surface area contributed by atoms with Gasteiger partial charge in [0.15, 0.2) is 0 Å². The van der Waals surface area contributed by atoms with Crippen molar-refractivity contribution in [3.05, 3.63) is 16.3 Å². The lowest BCUT2D eigenvalue weighted by molar-refractivity contribution is 0.122. The predicted molar refractivity (Wildman–Crippen MR) is 61.4 cm³/mol. The van der Waals surface area contributed by atoms with Gasteiger partial charge in [0.25, 0.3) is 0 Å². The zero-order chi connectivity index (χ0) is 9.97. The zero-order valence-corrected chi connectivity index (χ0v) is 9.64. The molecule has 1 saturated heterocycles. The van der Waals surface area contributed by atoms with E-state index in [2.05, 4.69) is 30.2 Å². The number of morpholine rings is 1. The Morgan fingerprint density at radius 3 is 2.64 bits per heavy atom. The van der Waals surface area contributed by atoms with Crippen LogP contribution in [0.2, 0.25) is 0 Å². The molecule has 0 spiro atoms. The lowest BCUT2D eigenvalue weighted by atomic mass is 10.2. The van der Waals surface area contributed by atoms with Gasteiger partial charge in [-0.3, -0.25) is 0 Å². The standard InChI is InChI=1S/C11H17NOS/c1-9(2)11-7-10(8-14-11)12-3-5-13-6-4-12/h7-9H,3-6H2,1-2H3. The van der Waals surface area contributed by atoms with E-state index in [1.165, 1.54) is 10.6 Å². The van der Waals surface area contributed by atoms with Crippen molar-refractivity contribution in [2.45, 2.75) is 19.8 Å². The molecule has 0 saturated carbocycles. The number of rotatable bonds is 2. The maximum atomic E-state index is 5.34. The summed E-state index contributed by atoms with van der Waals surface area (Å²) in [6.45, 7) is 8.30. The van der Waals surface area contributed by atoms with Crippen LogP contribution in [-0.2, 0) is 4.74 Å². The second-order valence-corrected chi connectivity index (χ2v) is 4.90. The normalized spacial score (nSPS) is 17.8. The van der Waals surface area contributed by atoms with Crippen molar-refractivity contribution in [2.24, 2.45) is 0 Å². The summed E-state index contributed by atoms with van der Waals surface area (Å²) in [7, 11) is 0. The van der Waals surface area contributed by atoms with Crippen molar-refractivity contribution in [3.8, 4) is 0 Å². The highest BCUT2D eigenvalue weighted by molar-refractivity contribution is 7.10. The summed E-state index contributed by atoms with van der Waals surface area (Å²) in [6, 6.07) is 2.32. The predicted octanol–water partition coefficient (Wildman–Crippen LogP) is 2.71. The molecule has 0 unspecified atom stereocenters. The number of ether oxygens (including phenoxy) is 1. The average Bonchev–Trinajstić information content (AvgIpc) is 2.68. The van der Waals surface area contributed by atoms with Gasteiger partial charge in [-0.2, -0.15) is 0 Å². The largest absolute Gasteiger partial charge is 0.378 e. The van der Waals surface area contributed by atoms with Gasteiger partial charge in [-0.25, -0.2) is 0 Å². The molecular formula is C11H17NOS. The van der Waals surface area contributed by atoms with Crippen LogP contribution < -0.4 is 4.90 Å². The Bertz CT molecular complexity index is 289. The van der Waals surface area contributed by atoms with Crippen molar-refractivity contribution in [3.63, 3.8) is 0 Å². The molecule has 0 N–H and O–H groups in total. The van der Waals surface area contributed by atoms with E-state index in [9.17, 15) is 0 Å². The summed E-state index contributed by atoms with van der Waals surface area (Å²) < 4.78 is 5.34. The quantitative estimate of drug-likeness (QED) is 0.746. The molecule has 2 nitrogen and oxygen atoms in total. The molecule has 1 aromatic rings. The molecule has 78 valence electrons. The summed E-state index contributed by atoms with van der Waals surface area (Å²) in [5.74, 6) is 0.648. The summed E-state index contributed by atoms with van der Waals surface area (Å²) in [6.07, 6.45) is 0. The minimum absolute atomic E-state index is 0.648. The first-order chi connectivity index (χ1) is 6.77. The van der Waals surface area contributed by atoms with Gasteiger partial charge in [-0.05, 0) is 12.0 Å². The monoisotopic (exact) mass is 211 g/mol. The molecule has 2 rings (SSSR count). The van der Waals surface area contributed by atoms with Crippen LogP contribution in [0.3, 0.4) is 0 Å². The highest BCUT2D eigenvalue weighted by atomic mass is 32.1. The lowest BCUT2D eigenvalue weighted by Crippen LogP contribution is -2.35. The van der Waals surface area contributed by atoms with Crippen molar-refractivity contribution in [2.75, 3.05) is 31.2 Å². The smallest absolute Gasteiger partial charge is 0.0642 e. The number of nitrogens with zero attached hydrogens (tertiary/aromatic N) is 1. The second-order valence-electron chi connectivity index (χ2n) is 3.96. The van der Waals surface area contributed by atoms with E-state index in [0.29, 0.717) is 5.92 Å². The van der Waals surface area contributed by atoms with Crippen LogP contribution in [0.15, 0.2) is 11.4 Å². The fourth-order valence-corrected chi connectivity index (χ4v) is 2.57. The van der Waals surface area contributed by atoms with E-state index in [1.54, 1.807) is 0 Å². The van der Waals surface area contributed by atoms with E-state index >= 15 is 0 Å². The Morgan fingerprint density at radius 1 is 1.36 bits per heavy atom. The molecule has 0 aliphatic carbocycles. The molecule has 2 heterocycles. The Morgan fingerprint density at radius 2 is 2.07 bits per heavy atom. The molecule has 3 heteroatoms. The van der Waals surface area contributed by atoms with E-state index < -0.39 is 0 Å². The van der Waals surface area contributed by atoms with Gasteiger partial charge in [-0.1, -0.05) is 13.8 Å². The van der Waals surface area contributed by atoms with Gasteiger partial charge in [0, 0.05) is 29.0 Å². The average molecular weight is 211 g/mol. The van der Waals surface area contributed by atoms with Crippen LogP contribution in [-0.4, -0.2) is 26.3 Å². The van der Waals surface area contributed by atoms with Gasteiger partial charge in [0.05, 0.1) is 13.2 Å². The molecule has 14 heavy (non-hydrogen) atoms. The Kier molecular flexibility index (Phi) is 3.08. The van der Waals surface area contributed by atoms with Crippen molar-refractivity contribution >= 4 is 17.0 Å². The van der Waals surface area contributed by atoms with Crippen molar-refractivity contribution in [1.29, 1.82) is 0 Å². The number of thiophene rings is 1. The summed E-state index contributed by atoms with van der Waals surface area (Å²) in [5, 5.41) is 2.26. The number of hydrogen-bond acceptors (Lipinski definition) is 3. The number of anilines is 1. The Balaban J connectivity index is 2.07. The van der Waals surface area contributed by atoms with Gasteiger partial charge < -0.3 is 9.64 Å². The van der Waals surface area contributed by atoms with Crippen LogP contribution >= 0.6 is 11.3 Å². The molecule has 1 aliphatic rings. The third-order valence-electron chi connectivity index (χ3n) is 2.55. The fraction of sp³-hybridized carbons (Fsp3) is 0.636. The van der Waals surface area contributed by atoms with Gasteiger partial charge in [0.2, 0.25) is 0 Å². The lowest BCUT2D eigenvalue weighted by Gasteiger charge is -2.27. The zero-order valence-electron chi connectivity index (χ0n) is 8.82. The first kappa shape index (κ1) is 9.99. The molecular weight excluding hydrogens is 194 g/mol. The first-order valence-corrected chi connectivity index (χ1v) is 6.06. The van der Waals surface area contributed by atoms with E-state index in [4.69, 9.17) is 4.74 Å². The van der Waals surface area contributed by atoms with Crippen LogP contribution in [0.4, 0.5) is 5.69 Å². The van der Waals surface area contributed by atoms with Crippen LogP contribution in [0, 0.1) is 0 Å². The Hall–Kier alpha value is -0.540. The minimum Gasteiger partial charge on any atom is -0.378 e. The Labute approximate surface area is 89.5 Å². The SMILES string of the molecule is CC(C)c1cc(N2CCOCC2)cs1. The molecule has 0 amide bonds. The van der Waals surface area contributed by atoms with Crippen LogP contribution in [0.25, 0.3) is 0 Å². The van der Waals surface area contributed by atoms with Gasteiger partial charge in [0.1, 0.15) is 0 Å². The third kappa shape index (κ3) is 2.10. The molecule has 0 bridgehead atoms. The van der Waals surface area contributed by atoms with Gasteiger partial charge in [-0.15, -0.1) is 11.3 Å². The summed E-state index contributed by atoms with van der Waals surface area (Å²) >= 11 is 1.87. The van der Waals surface area contributed by atoms with E-state index in [0.717, 1.165) is 26.3 Å². The molecule has 1 aliphatic heterocycles. The molecule has 0 radical (unpaired) electrons. The maximum Gasteiger partial charge on any atom is 0.0642 e. The van der Waals surface area contributed by atoms with E-state index in [1.807, 2.05) is 11.3 Å². The maximum absolute atomic E-state index is 5.34. The fourth-order valence-electron chi connectivity index (χ4n) is 1.63. The van der Waals surface area contributed by atoms with Gasteiger partial charge >= 0.3 is 0 Å². The van der Waals surface area contributed by atoms with Crippen LogP contribution in [0.1, 0.15) is 24.6 Å². The molecule has 1 fully saturated rings. The highest BCUT2D eigenvalue weighted by Gasteiger charge is 2.13. The molecule has 1 aromatic heterocycles. The highest BCUT2D eigenvalue weighted by Crippen LogP contribution is 2.28. The van der Waals surface area contributed by atoms with Crippen molar-refractivity contribution < 1.29 is 4.74 Å². The molecule has 0 atom stereocenters. The summed E-state index contributed by atoms with van der Waals surface area (Å²) in [4.78, 5) is 3.89. The topological polar surface area (TPSA) is 12.5 Å². The third-order valence-corrected chi connectivity index (χ3v) is 3.77. The minimum atomic E-state index is 0.648. The molecule has 0 aromatic carbocycles. The summed E-state index contributed by atoms with van der Waals surface area (Å²) in [5.41, 5.74) is 1.38. The second kappa shape index (κ2) is 4.32. The van der Waals surface area contributed by atoms with Crippen LogP contribution in [0.5, 0.6) is 0 Å². The van der Waals surface area contributed by atoms with Crippen molar-refractivity contribution in [1.82, 2.24) is 0 Å². The first-order valence-electron chi connectivity index (χ1n) is 5.18. The van der Waals surface area contributed by atoms with E-state index in [-0.39, 0.29) is 0 Å².